The number of thiophene rings is 1. The molecule has 0 amide bonds. The highest BCUT2D eigenvalue weighted by Crippen LogP contribution is 2.44. The zero-order valence-corrected chi connectivity index (χ0v) is 19.9. The number of nitrogens with one attached hydrogen (secondary N) is 1. The number of hydrogen-bond donors (Lipinski definition) is 2. The predicted octanol–water partition coefficient (Wildman–Crippen LogP) is 3.96. The fourth-order valence-electron chi connectivity index (χ4n) is 4.83. The van der Waals surface area contributed by atoms with Crippen LogP contribution in [0, 0.1) is 5.82 Å². The summed E-state index contributed by atoms with van der Waals surface area (Å²) >= 11 is 1.05. The second kappa shape index (κ2) is 9.18. The van der Waals surface area contributed by atoms with E-state index in [1.165, 1.54) is 18.2 Å². The number of anilines is 1. The Morgan fingerprint density at radius 2 is 1.89 bits per heavy atom. The highest BCUT2D eigenvalue weighted by molar-refractivity contribution is 7.14. The van der Waals surface area contributed by atoms with Gasteiger partial charge in [-0.25, -0.2) is 18.7 Å². The van der Waals surface area contributed by atoms with Gasteiger partial charge in [0.25, 0.3) is 5.56 Å². The van der Waals surface area contributed by atoms with Crippen LogP contribution in [0.4, 0.5) is 10.2 Å². The van der Waals surface area contributed by atoms with Crippen molar-refractivity contribution in [3.63, 3.8) is 0 Å². The summed E-state index contributed by atoms with van der Waals surface area (Å²) in [7, 11) is 0. The molecule has 8 nitrogen and oxygen atoms in total. The molecule has 3 aromatic rings. The van der Waals surface area contributed by atoms with Crippen molar-refractivity contribution in [3.8, 4) is 0 Å². The number of fused-ring (bicyclic) bond motifs is 3. The quantitative estimate of drug-likeness (QED) is 0.479. The summed E-state index contributed by atoms with van der Waals surface area (Å²) in [6, 6.07) is 9.34. The van der Waals surface area contributed by atoms with Crippen molar-refractivity contribution < 1.29 is 23.8 Å². The molecule has 2 aromatic heterocycles. The molecule has 0 saturated carbocycles. The molecule has 0 fully saturated rings. The maximum absolute atomic E-state index is 13.5. The molecule has 0 radical (unpaired) electrons. The molecule has 1 aromatic carbocycles. The van der Waals surface area contributed by atoms with Gasteiger partial charge in [0.15, 0.2) is 0 Å². The minimum Gasteiger partial charge on any atom is -0.477 e. The van der Waals surface area contributed by atoms with Gasteiger partial charge in [-0.1, -0.05) is 12.1 Å². The van der Waals surface area contributed by atoms with E-state index in [9.17, 15) is 23.9 Å². The highest BCUT2D eigenvalue weighted by atomic mass is 32.1. The van der Waals surface area contributed by atoms with Gasteiger partial charge in [0, 0.05) is 23.7 Å². The van der Waals surface area contributed by atoms with Crippen molar-refractivity contribution in [1.82, 2.24) is 9.36 Å². The number of nitrogens with zero attached hydrogens (tertiary/aromatic N) is 2. The van der Waals surface area contributed by atoms with Crippen molar-refractivity contribution in [2.45, 2.75) is 45.2 Å². The molecule has 1 unspecified atom stereocenters. The monoisotopic (exact) mass is 497 g/mol. The predicted molar refractivity (Wildman–Crippen MR) is 128 cm³/mol. The van der Waals surface area contributed by atoms with E-state index >= 15 is 0 Å². The second-order valence-electron chi connectivity index (χ2n) is 8.47. The summed E-state index contributed by atoms with van der Waals surface area (Å²) in [5.74, 6) is -2.05. The molecule has 10 heteroatoms. The number of allylic oxidation sites excluding steroid dienone is 1. The van der Waals surface area contributed by atoms with Gasteiger partial charge in [-0.3, -0.25) is 9.48 Å². The lowest BCUT2D eigenvalue weighted by atomic mass is 9.85. The minimum absolute atomic E-state index is 0.128. The second-order valence-corrected chi connectivity index (χ2v) is 9.59. The number of carboxylic acids is 1. The van der Waals surface area contributed by atoms with Gasteiger partial charge < -0.3 is 15.2 Å². The van der Waals surface area contributed by atoms with Crippen LogP contribution in [0.1, 0.15) is 51.4 Å². The third-order valence-electron chi connectivity index (χ3n) is 6.38. The van der Waals surface area contributed by atoms with Crippen molar-refractivity contribution in [2.24, 2.45) is 0 Å². The fraction of sp³-hybridized carbons (Fsp3) is 0.320. The molecule has 2 aliphatic heterocycles. The molecule has 35 heavy (non-hydrogen) atoms. The summed E-state index contributed by atoms with van der Waals surface area (Å²) in [4.78, 5) is 39.0. The zero-order chi connectivity index (χ0) is 24.7. The number of carbonyl (C=O) groups is 2. The van der Waals surface area contributed by atoms with Crippen LogP contribution in [-0.4, -0.2) is 33.0 Å². The standard InChI is InChI=1S/C25H24FN3O5S/c1-2-34-25(33)19-16(9-6-14-4-7-15(26)8-5-14)27-22-21(23(30)29-13-3-12-28(22)29)20(19)17-10-11-18(35-17)24(31)32/h4-5,7-8,10-11,20,27H,2-3,6,9,12-13H2,1H3,(H,31,32). The number of rotatable bonds is 7. The first-order valence-electron chi connectivity index (χ1n) is 11.5. The van der Waals surface area contributed by atoms with Gasteiger partial charge in [-0.05, 0) is 56.0 Å². The fourth-order valence-corrected chi connectivity index (χ4v) is 5.80. The van der Waals surface area contributed by atoms with E-state index in [1.54, 1.807) is 29.8 Å². The first-order chi connectivity index (χ1) is 16.9. The maximum Gasteiger partial charge on any atom is 0.345 e. The third kappa shape index (κ3) is 4.07. The molecule has 2 N–H and O–H groups in total. The van der Waals surface area contributed by atoms with Crippen LogP contribution < -0.4 is 10.9 Å². The minimum atomic E-state index is -1.07. The van der Waals surface area contributed by atoms with Crippen LogP contribution >= 0.6 is 11.3 Å². The molecule has 1 atom stereocenters. The number of benzene rings is 1. The Labute approximate surface area is 204 Å². The topological polar surface area (TPSA) is 103 Å². The Balaban J connectivity index is 1.66. The molecule has 2 aliphatic rings. The normalized spacial score (nSPS) is 16.6. The van der Waals surface area contributed by atoms with Crippen LogP contribution in [0.3, 0.4) is 0 Å². The first kappa shape index (κ1) is 23.1. The van der Waals surface area contributed by atoms with Crippen molar-refractivity contribution in [2.75, 3.05) is 11.9 Å². The van der Waals surface area contributed by atoms with Gasteiger partial charge in [0.05, 0.1) is 23.7 Å². The Morgan fingerprint density at radius 1 is 1.14 bits per heavy atom. The molecule has 4 heterocycles. The molecular formula is C25H24FN3O5S. The average molecular weight is 498 g/mol. The zero-order valence-electron chi connectivity index (χ0n) is 19.0. The van der Waals surface area contributed by atoms with Crippen LogP contribution in [0.2, 0.25) is 0 Å². The molecule has 182 valence electrons. The molecular weight excluding hydrogens is 473 g/mol. The lowest BCUT2D eigenvalue weighted by Crippen LogP contribution is -2.29. The van der Waals surface area contributed by atoms with Gasteiger partial charge >= 0.3 is 11.9 Å². The lowest BCUT2D eigenvalue weighted by Gasteiger charge is -2.28. The number of ether oxygens (including phenoxy) is 1. The van der Waals surface area contributed by atoms with E-state index in [-0.39, 0.29) is 22.9 Å². The summed E-state index contributed by atoms with van der Waals surface area (Å²) in [6.45, 7) is 3.10. The van der Waals surface area contributed by atoms with Crippen LogP contribution in [0.15, 0.2) is 52.5 Å². The number of carboxylic acid groups (broad SMARTS) is 1. The molecule has 5 rings (SSSR count). The number of aryl methyl sites for hydroxylation is 1. The average Bonchev–Trinajstić information content (AvgIpc) is 3.57. The Hall–Kier alpha value is -3.66. The number of aromatic nitrogens is 2. The van der Waals surface area contributed by atoms with Crippen LogP contribution in [0.25, 0.3) is 0 Å². The third-order valence-corrected chi connectivity index (χ3v) is 7.51. The smallest absolute Gasteiger partial charge is 0.345 e. The summed E-state index contributed by atoms with van der Waals surface area (Å²) < 4.78 is 22.3. The molecule has 0 aliphatic carbocycles. The van der Waals surface area contributed by atoms with Gasteiger partial charge in [-0.15, -0.1) is 11.3 Å². The number of aromatic carboxylic acids is 1. The number of esters is 1. The van der Waals surface area contributed by atoms with E-state index in [0.29, 0.717) is 53.5 Å². The highest BCUT2D eigenvalue weighted by Gasteiger charge is 2.41. The van der Waals surface area contributed by atoms with Crippen molar-refractivity contribution in [1.29, 1.82) is 0 Å². The van der Waals surface area contributed by atoms with E-state index in [4.69, 9.17) is 4.74 Å². The van der Waals surface area contributed by atoms with E-state index in [1.807, 2.05) is 4.68 Å². The Morgan fingerprint density at radius 3 is 2.57 bits per heavy atom. The van der Waals surface area contributed by atoms with Gasteiger partial charge in [0.1, 0.15) is 16.5 Å². The van der Waals surface area contributed by atoms with Crippen molar-refractivity contribution >= 4 is 29.1 Å². The lowest BCUT2D eigenvalue weighted by molar-refractivity contribution is -0.138. The number of carbonyl (C=O) groups excluding carboxylic acids is 1. The first-order valence-corrected chi connectivity index (χ1v) is 12.3. The number of halogens is 1. The Bertz CT molecular complexity index is 1400. The van der Waals surface area contributed by atoms with Gasteiger partial charge in [-0.2, -0.15) is 0 Å². The molecule has 0 saturated heterocycles. The SMILES string of the molecule is CCOC(=O)C1=C(CCc2ccc(F)cc2)Nc2c(c(=O)n3n2CCC3)C1c1ccc(C(=O)O)s1. The Kier molecular flexibility index (Phi) is 6.06. The largest absolute Gasteiger partial charge is 0.477 e. The van der Waals surface area contributed by atoms with Crippen LogP contribution in [-0.2, 0) is 29.0 Å². The van der Waals surface area contributed by atoms with E-state index in [0.717, 1.165) is 23.3 Å². The van der Waals surface area contributed by atoms with E-state index in [2.05, 4.69) is 5.32 Å². The summed E-state index contributed by atoms with van der Waals surface area (Å²) in [6.07, 6.45) is 1.78. The number of hydrogen-bond acceptors (Lipinski definition) is 6. The summed E-state index contributed by atoms with van der Waals surface area (Å²) in [5.41, 5.74) is 2.05. The molecule has 0 bridgehead atoms. The van der Waals surface area contributed by atoms with Crippen LogP contribution in [0.5, 0.6) is 0 Å². The van der Waals surface area contributed by atoms with E-state index < -0.39 is 17.9 Å². The maximum atomic E-state index is 13.5. The van der Waals surface area contributed by atoms with Gasteiger partial charge in [0.2, 0.25) is 0 Å². The molecule has 0 spiro atoms. The summed E-state index contributed by atoms with van der Waals surface area (Å²) in [5, 5.41) is 12.8. The van der Waals surface area contributed by atoms with Crippen molar-refractivity contribution in [3.05, 3.63) is 84.7 Å².